The minimum absolute atomic E-state index is 0.0804. The SMILES string of the molecule is CCC(C)C(N)C1=C(N)CC(CCC(=O)OC(C)(C)C)CC1. The van der Waals surface area contributed by atoms with E-state index in [1.807, 2.05) is 20.8 Å². The Balaban J connectivity index is 2.49. The molecule has 1 aliphatic rings. The first-order chi connectivity index (χ1) is 10.1. The topological polar surface area (TPSA) is 78.3 Å². The van der Waals surface area contributed by atoms with E-state index < -0.39 is 5.60 Å². The zero-order valence-corrected chi connectivity index (χ0v) is 14.9. The third-order valence-electron chi connectivity index (χ3n) is 4.58. The van der Waals surface area contributed by atoms with Crippen LogP contribution in [0, 0.1) is 11.8 Å². The third kappa shape index (κ3) is 5.99. The van der Waals surface area contributed by atoms with Crippen LogP contribution in [0.4, 0.5) is 0 Å². The van der Waals surface area contributed by atoms with Gasteiger partial charge >= 0.3 is 5.97 Å². The van der Waals surface area contributed by atoms with Crippen molar-refractivity contribution in [3.05, 3.63) is 11.3 Å². The van der Waals surface area contributed by atoms with E-state index in [-0.39, 0.29) is 12.0 Å². The second-order valence-electron chi connectivity index (χ2n) is 7.70. The van der Waals surface area contributed by atoms with Crippen molar-refractivity contribution in [2.75, 3.05) is 0 Å². The fourth-order valence-electron chi connectivity index (χ4n) is 3.00. The number of hydrogen-bond acceptors (Lipinski definition) is 4. The molecule has 128 valence electrons. The maximum absolute atomic E-state index is 11.8. The van der Waals surface area contributed by atoms with Crippen molar-refractivity contribution in [3.8, 4) is 0 Å². The summed E-state index contributed by atoms with van der Waals surface area (Å²) in [6.45, 7) is 10.0. The molecule has 0 saturated carbocycles. The number of allylic oxidation sites excluding steroid dienone is 1. The first-order valence-corrected chi connectivity index (χ1v) is 8.58. The van der Waals surface area contributed by atoms with Crippen LogP contribution in [-0.4, -0.2) is 17.6 Å². The summed E-state index contributed by atoms with van der Waals surface area (Å²) in [5, 5.41) is 0. The lowest BCUT2D eigenvalue weighted by atomic mass is 9.79. The van der Waals surface area contributed by atoms with Crippen LogP contribution in [-0.2, 0) is 9.53 Å². The number of hydrogen-bond donors (Lipinski definition) is 2. The minimum Gasteiger partial charge on any atom is -0.460 e. The second kappa shape index (κ2) is 8.00. The first kappa shape index (κ1) is 19.0. The molecule has 4 N–H and O–H groups in total. The largest absolute Gasteiger partial charge is 0.460 e. The van der Waals surface area contributed by atoms with Gasteiger partial charge in [-0.15, -0.1) is 0 Å². The Morgan fingerprint density at radius 2 is 2.05 bits per heavy atom. The number of esters is 1. The van der Waals surface area contributed by atoms with Gasteiger partial charge in [-0.2, -0.15) is 0 Å². The molecule has 4 heteroatoms. The zero-order valence-electron chi connectivity index (χ0n) is 14.9. The van der Waals surface area contributed by atoms with Gasteiger partial charge < -0.3 is 16.2 Å². The van der Waals surface area contributed by atoms with Gasteiger partial charge in [0.15, 0.2) is 0 Å². The number of rotatable bonds is 6. The van der Waals surface area contributed by atoms with E-state index in [0.717, 1.165) is 37.8 Å². The van der Waals surface area contributed by atoms with Crippen LogP contribution in [0.15, 0.2) is 11.3 Å². The van der Waals surface area contributed by atoms with Gasteiger partial charge in [0, 0.05) is 18.2 Å². The molecule has 3 atom stereocenters. The molecule has 0 spiro atoms. The Labute approximate surface area is 135 Å². The molecule has 0 bridgehead atoms. The quantitative estimate of drug-likeness (QED) is 0.736. The summed E-state index contributed by atoms with van der Waals surface area (Å²) in [6.07, 6.45) is 5.30. The van der Waals surface area contributed by atoms with Gasteiger partial charge in [0.1, 0.15) is 5.60 Å². The summed E-state index contributed by atoms with van der Waals surface area (Å²) in [4.78, 5) is 11.8. The van der Waals surface area contributed by atoms with Gasteiger partial charge in [-0.25, -0.2) is 0 Å². The molecule has 0 amide bonds. The number of nitrogens with two attached hydrogens (primary N) is 2. The molecule has 0 heterocycles. The Bertz CT molecular complexity index is 410. The standard InChI is InChI=1S/C18H34N2O2/c1-6-12(2)17(20)14-9-7-13(11-15(14)19)8-10-16(21)22-18(3,4)5/h12-13,17H,6-11,19-20H2,1-5H3. The van der Waals surface area contributed by atoms with Crippen LogP contribution in [0.2, 0.25) is 0 Å². The highest BCUT2D eigenvalue weighted by molar-refractivity contribution is 5.69. The van der Waals surface area contributed by atoms with Crippen molar-refractivity contribution in [2.24, 2.45) is 23.3 Å². The maximum Gasteiger partial charge on any atom is 0.306 e. The number of carbonyl (C=O) groups excluding carboxylic acids is 1. The first-order valence-electron chi connectivity index (χ1n) is 8.58. The molecule has 0 aromatic heterocycles. The van der Waals surface area contributed by atoms with Crippen LogP contribution < -0.4 is 11.5 Å². The van der Waals surface area contributed by atoms with Crippen molar-refractivity contribution in [1.29, 1.82) is 0 Å². The monoisotopic (exact) mass is 310 g/mol. The third-order valence-corrected chi connectivity index (χ3v) is 4.58. The Kier molecular flexibility index (Phi) is 6.92. The molecule has 0 aromatic carbocycles. The highest BCUT2D eigenvalue weighted by Crippen LogP contribution is 2.33. The van der Waals surface area contributed by atoms with Crippen molar-refractivity contribution in [2.45, 2.75) is 84.8 Å². The fraction of sp³-hybridized carbons (Fsp3) is 0.833. The molecule has 0 aromatic rings. The summed E-state index contributed by atoms with van der Waals surface area (Å²) >= 11 is 0. The molecular weight excluding hydrogens is 276 g/mol. The average molecular weight is 310 g/mol. The lowest BCUT2D eigenvalue weighted by Crippen LogP contribution is -2.34. The molecule has 1 rings (SSSR count). The molecule has 0 fully saturated rings. The van der Waals surface area contributed by atoms with E-state index in [1.54, 1.807) is 0 Å². The number of carbonyl (C=O) groups is 1. The normalized spacial score (nSPS) is 22.4. The van der Waals surface area contributed by atoms with E-state index in [2.05, 4.69) is 13.8 Å². The summed E-state index contributed by atoms with van der Waals surface area (Å²) in [5.74, 6) is 0.824. The van der Waals surface area contributed by atoms with Crippen LogP contribution >= 0.6 is 0 Å². The Morgan fingerprint density at radius 1 is 1.41 bits per heavy atom. The highest BCUT2D eigenvalue weighted by Gasteiger charge is 2.26. The summed E-state index contributed by atoms with van der Waals surface area (Å²) in [6, 6.07) is 0.0804. The van der Waals surface area contributed by atoms with Crippen LogP contribution in [0.3, 0.4) is 0 Å². The molecule has 0 radical (unpaired) electrons. The summed E-state index contributed by atoms with van der Waals surface area (Å²) in [7, 11) is 0. The highest BCUT2D eigenvalue weighted by atomic mass is 16.6. The molecule has 4 nitrogen and oxygen atoms in total. The van der Waals surface area contributed by atoms with E-state index in [0.29, 0.717) is 18.3 Å². The van der Waals surface area contributed by atoms with Crippen LogP contribution in [0.5, 0.6) is 0 Å². The second-order valence-corrected chi connectivity index (χ2v) is 7.70. The lowest BCUT2D eigenvalue weighted by molar-refractivity contribution is -0.155. The van der Waals surface area contributed by atoms with Crippen molar-refractivity contribution < 1.29 is 9.53 Å². The molecule has 0 saturated heterocycles. The van der Waals surface area contributed by atoms with E-state index in [1.165, 1.54) is 5.57 Å². The number of ether oxygens (including phenoxy) is 1. The van der Waals surface area contributed by atoms with Gasteiger partial charge in [-0.05, 0) is 63.9 Å². The van der Waals surface area contributed by atoms with E-state index in [9.17, 15) is 4.79 Å². The molecule has 22 heavy (non-hydrogen) atoms. The van der Waals surface area contributed by atoms with Gasteiger partial charge in [0.05, 0.1) is 0 Å². The molecule has 1 aliphatic carbocycles. The average Bonchev–Trinajstić information content (AvgIpc) is 2.41. The van der Waals surface area contributed by atoms with E-state index >= 15 is 0 Å². The predicted octanol–water partition coefficient (Wildman–Crippen LogP) is 3.49. The van der Waals surface area contributed by atoms with Crippen molar-refractivity contribution >= 4 is 5.97 Å². The lowest BCUT2D eigenvalue weighted by Gasteiger charge is -2.31. The van der Waals surface area contributed by atoms with Crippen molar-refractivity contribution in [3.63, 3.8) is 0 Å². The summed E-state index contributed by atoms with van der Waals surface area (Å²) < 4.78 is 5.36. The predicted molar refractivity (Wildman–Crippen MR) is 91.1 cm³/mol. The molecule has 0 aliphatic heterocycles. The van der Waals surface area contributed by atoms with Crippen molar-refractivity contribution in [1.82, 2.24) is 0 Å². The van der Waals surface area contributed by atoms with Crippen LogP contribution in [0.1, 0.15) is 73.1 Å². The maximum atomic E-state index is 11.8. The van der Waals surface area contributed by atoms with Gasteiger partial charge in [-0.3, -0.25) is 4.79 Å². The van der Waals surface area contributed by atoms with Gasteiger partial charge in [-0.1, -0.05) is 20.3 Å². The Morgan fingerprint density at radius 3 is 2.55 bits per heavy atom. The zero-order chi connectivity index (χ0) is 16.9. The molecule has 3 unspecified atom stereocenters. The van der Waals surface area contributed by atoms with E-state index in [4.69, 9.17) is 16.2 Å². The Hall–Kier alpha value is -1.03. The van der Waals surface area contributed by atoms with Crippen LogP contribution in [0.25, 0.3) is 0 Å². The van der Waals surface area contributed by atoms with Gasteiger partial charge in [0.2, 0.25) is 0 Å². The summed E-state index contributed by atoms with van der Waals surface area (Å²) in [5.41, 5.74) is 14.4. The minimum atomic E-state index is -0.404. The van der Waals surface area contributed by atoms with Gasteiger partial charge in [0.25, 0.3) is 0 Å². The smallest absolute Gasteiger partial charge is 0.306 e. The molecular formula is C18H34N2O2. The fourth-order valence-corrected chi connectivity index (χ4v) is 3.00.